The molecule has 2 aromatic heterocycles. The lowest BCUT2D eigenvalue weighted by Crippen LogP contribution is -2.34. The second kappa shape index (κ2) is 10.3. The fourth-order valence-corrected chi connectivity index (χ4v) is 4.70. The highest BCUT2D eigenvalue weighted by molar-refractivity contribution is 7.98. The van der Waals surface area contributed by atoms with E-state index in [1.54, 1.807) is 18.9 Å². The Kier molecular flexibility index (Phi) is 7.29. The highest BCUT2D eigenvalue weighted by Crippen LogP contribution is 2.32. The number of carbonyl (C=O) groups is 1. The topological polar surface area (TPSA) is 92.6 Å². The molecule has 1 aromatic carbocycles. The Morgan fingerprint density at radius 2 is 2.03 bits per heavy atom. The third-order valence-electron chi connectivity index (χ3n) is 6.03. The van der Waals surface area contributed by atoms with E-state index < -0.39 is 0 Å². The number of ether oxygens (including phenoxy) is 1. The van der Waals surface area contributed by atoms with Gasteiger partial charge in [0.05, 0.1) is 19.2 Å². The normalized spacial score (nSPS) is 21.5. The van der Waals surface area contributed by atoms with Gasteiger partial charge in [0.1, 0.15) is 5.75 Å². The van der Waals surface area contributed by atoms with Gasteiger partial charge < -0.3 is 10.1 Å². The van der Waals surface area contributed by atoms with E-state index in [4.69, 9.17) is 4.74 Å². The highest BCUT2D eigenvalue weighted by Gasteiger charge is 2.36. The first kappa shape index (κ1) is 22.6. The van der Waals surface area contributed by atoms with Gasteiger partial charge in [-0.15, -0.1) is 10.2 Å². The van der Waals surface area contributed by atoms with Crippen LogP contribution in [0.25, 0.3) is 5.65 Å². The molecule has 0 spiro atoms. The predicted octanol–water partition coefficient (Wildman–Crippen LogP) is 2.89. The van der Waals surface area contributed by atoms with Crippen molar-refractivity contribution in [3.05, 3.63) is 60.0 Å². The summed E-state index contributed by atoms with van der Waals surface area (Å²) in [5.74, 6) is 2.64. The lowest BCUT2D eigenvalue weighted by atomic mass is 9.87. The zero-order chi connectivity index (χ0) is 22.5. The third-order valence-corrected chi connectivity index (χ3v) is 6.67. The van der Waals surface area contributed by atoms with Crippen LogP contribution in [0.1, 0.15) is 43.2 Å². The van der Waals surface area contributed by atoms with Crippen molar-refractivity contribution in [1.82, 2.24) is 30.8 Å². The molecule has 1 fully saturated rings. The van der Waals surface area contributed by atoms with Gasteiger partial charge in [-0.1, -0.05) is 18.2 Å². The van der Waals surface area contributed by atoms with Crippen LogP contribution in [0.4, 0.5) is 0 Å². The van der Waals surface area contributed by atoms with E-state index >= 15 is 0 Å². The van der Waals surface area contributed by atoms with Gasteiger partial charge in [0.25, 0.3) is 0 Å². The minimum atomic E-state index is -0.190. The first-order valence-corrected chi connectivity index (χ1v) is 12.2. The maximum absolute atomic E-state index is 13.2. The lowest BCUT2D eigenvalue weighted by molar-refractivity contribution is -0.123. The van der Waals surface area contributed by atoms with Gasteiger partial charge in [-0.25, -0.2) is 5.43 Å². The van der Waals surface area contributed by atoms with Gasteiger partial charge in [0.2, 0.25) is 5.91 Å². The van der Waals surface area contributed by atoms with Crippen molar-refractivity contribution < 1.29 is 9.53 Å². The summed E-state index contributed by atoms with van der Waals surface area (Å²) >= 11 is 1.75. The molecular formula is C23H30N6O2S. The Morgan fingerprint density at radius 1 is 1.22 bits per heavy atom. The zero-order valence-corrected chi connectivity index (χ0v) is 19.4. The van der Waals surface area contributed by atoms with Crippen molar-refractivity contribution in [2.75, 3.05) is 19.1 Å². The van der Waals surface area contributed by atoms with Crippen molar-refractivity contribution in [2.24, 2.45) is 5.92 Å². The maximum atomic E-state index is 13.2. The smallest absolute Gasteiger partial charge is 0.220 e. The van der Waals surface area contributed by atoms with Gasteiger partial charge in [0, 0.05) is 24.6 Å². The largest absolute Gasteiger partial charge is 0.497 e. The summed E-state index contributed by atoms with van der Waals surface area (Å²) in [6.07, 6.45) is 5.21. The van der Waals surface area contributed by atoms with Gasteiger partial charge in [-0.3, -0.25) is 14.6 Å². The summed E-state index contributed by atoms with van der Waals surface area (Å²) in [5, 5.41) is 11.9. The summed E-state index contributed by atoms with van der Waals surface area (Å²) in [7, 11) is 1.66. The number of methoxy groups -OCH3 is 1. The van der Waals surface area contributed by atoms with E-state index in [0.717, 1.165) is 35.0 Å². The number of pyridine rings is 1. The number of thioether (sulfide) groups is 1. The van der Waals surface area contributed by atoms with Crippen LogP contribution in [0, 0.1) is 5.92 Å². The molecular weight excluding hydrogens is 424 g/mol. The Morgan fingerprint density at radius 3 is 2.78 bits per heavy atom. The number of nitrogens with zero attached hydrogens (tertiary/aromatic N) is 3. The number of amides is 1. The Hall–Kier alpha value is -2.62. The van der Waals surface area contributed by atoms with E-state index in [-0.39, 0.29) is 30.0 Å². The second-order valence-corrected chi connectivity index (χ2v) is 9.07. The van der Waals surface area contributed by atoms with Gasteiger partial charge in [-0.05, 0) is 55.2 Å². The van der Waals surface area contributed by atoms with Crippen LogP contribution in [0.15, 0.2) is 48.7 Å². The molecule has 0 bridgehead atoms. The van der Waals surface area contributed by atoms with Crippen molar-refractivity contribution >= 4 is 23.3 Å². The standard InChI is InChI=1S/C23H30N6O2S/c1-15-18(22(27-25-15)16-7-9-17(31-2)10-8-16)14-21(30)24-19(11-13-32-3)23-28-26-20-6-4-5-12-29(20)23/h4-10,12,15,18-19,22,25,27H,11,13-14H2,1-3H3,(H,24,30). The quantitative estimate of drug-likeness (QED) is 0.458. The number of nitrogens with one attached hydrogen (secondary N) is 3. The molecule has 4 unspecified atom stereocenters. The minimum Gasteiger partial charge on any atom is -0.497 e. The summed E-state index contributed by atoms with van der Waals surface area (Å²) in [5.41, 5.74) is 8.56. The van der Waals surface area contributed by atoms with Crippen LogP contribution in [0.2, 0.25) is 0 Å². The van der Waals surface area contributed by atoms with Crippen LogP contribution < -0.4 is 20.9 Å². The van der Waals surface area contributed by atoms with Crippen LogP contribution in [0.3, 0.4) is 0 Å². The van der Waals surface area contributed by atoms with E-state index in [0.29, 0.717) is 6.42 Å². The molecule has 1 saturated heterocycles. The Labute approximate surface area is 192 Å². The first-order valence-electron chi connectivity index (χ1n) is 10.8. The van der Waals surface area contributed by atoms with E-state index in [2.05, 4.69) is 39.5 Å². The van der Waals surface area contributed by atoms with Gasteiger partial charge in [-0.2, -0.15) is 11.8 Å². The van der Waals surface area contributed by atoms with Crippen LogP contribution in [-0.4, -0.2) is 45.7 Å². The molecule has 0 radical (unpaired) electrons. The van der Waals surface area contributed by atoms with Crippen molar-refractivity contribution in [3.8, 4) is 5.75 Å². The number of aromatic nitrogens is 3. The third kappa shape index (κ3) is 4.90. The van der Waals surface area contributed by atoms with Crippen LogP contribution in [0.5, 0.6) is 5.75 Å². The molecule has 1 aliphatic heterocycles. The van der Waals surface area contributed by atoms with Crippen LogP contribution in [-0.2, 0) is 4.79 Å². The molecule has 170 valence electrons. The fourth-order valence-electron chi connectivity index (χ4n) is 4.23. The summed E-state index contributed by atoms with van der Waals surface area (Å²) in [6, 6.07) is 13.8. The lowest BCUT2D eigenvalue weighted by Gasteiger charge is -2.23. The fraction of sp³-hybridized carbons (Fsp3) is 0.435. The number of carbonyl (C=O) groups excluding carboxylic acids is 1. The van der Waals surface area contributed by atoms with Crippen molar-refractivity contribution in [2.45, 2.75) is 37.9 Å². The minimum absolute atomic E-state index is 0.0182. The summed E-state index contributed by atoms with van der Waals surface area (Å²) in [6.45, 7) is 2.10. The number of benzene rings is 1. The molecule has 3 aromatic rings. The SMILES string of the molecule is COc1ccc(C2NNC(C)C2CC(=O)NC(CCSC)c2nnc3ccccn23)cc1. The number of rotatable bonds is 9. The molecule has 3 N–H and O–H groups in total. The Balaban J connectivity index is 1.49. The summed E-state index contributed by atoms with van der Waals surface area (Å²) in [4.78, 5) is 13.2. The van der Waals surface area contributed by atoms with Gasteiger partial charge in [0.15, 0.2) is 11.5 Å². The van der Waals surface area contributed by atoms with Crippen molar-refractivity contribution in [1.29, 1.82) is 0 Å². The predicted molar refractivity (Wildman–Crippen MR) is 126 cm³/mol. The molecule has 1 aliphatic rings. The molecule has 3 heterocycles. The summed E-state index contributed by atoms with van der Waals surface area (Å²) < 4.78 is 7.22. The molecule has 1 amide bonds. The van der Waals surface area contributed by atoms with Gasteiger partial charge >= 0.3 is 0 Å². The number of hydrogen-bond acceptors (Lipinski definition) is 7. The molecule has 32 heavy (non-hydrogen) atoms. The zero-order valence-electron chi connectivity index (χ0n) is 18.6. The molecule has 9 heteroatoms. The molecule has 4 rings (SSSR count). The van der Waals surface area contributed by atoms with E-state index in [1.165, 1.54) is 0 Å². The average molecular weight is 455 g/mol. The first-order chi connectivity index (χ1) is 15.6. The maximum Gasteiger partial charge on any atom is 0.220 e. The van der Waals surface area contributed by atoms with Crippen LogP contribution >= 0.6 is 11.8 Å². The molecule has 4 atom stereocenters. The number of hydrazine groups is 1. The van der Waals surface area contributed by atoms with E-state index in [9.17, 15) is 4.79 Å². The van der Waals surface area contributed by atoms with Crippen molar-refractivity contribution in [3.63, 3.8) is 0 Å². The monoisotopic (exact) mass is 454 g/mol. The number of fused-ring (bicyclic) bond motifs is 1. The molecule has 8 nitrogen and oxygen atoms in total. The van der Waals surface area contributed by atoms with E-state index in [1.807, 2.05) is 53.1 Å². The second-order valence-electron chi connectivity index (χ2n) is 8.08. The molecule has 0 aliphatic carbocycles. The number of hydrogen-bond donors (Lipinski definition) is 3. The molecule has 0 saturated carbocycles. The average Bonchev–Trinajstić information content (AvgIpc) is 3.40. The Bertz CT molecular complexity index is 1040. The highest BCUT2D eigenvalue weighted by atomic mass is 32.2.